The van der Waals surface area contributed by atoms with E-state index in [-0.39, 0.29) is 19.5 Å². The van der Waals surface area contributed by atoms with Crippen molar-refractivity contribution in [2.45, 2.75) is 24.6 Å². The van der Waals surface area contributed by atoms with Crippen molar-refractivity contribution >= 4 is 18.6 Å². The predicted molar refractivity (Wildman–Crippen MR) is 38.7 cm³/mol. The molecular formula is C5H11NO2SZn. The molecule has 0 aromatic rings. The Morgan fingerprint density at radius 3 is 2.00 bits per heavy atom. The van der Waals surface area contributed by atoms with Crippen molar-refractivity contribution in [2.75, 3.05) is 0 Å². The van der Waals surface area contributed by atoms with E-state index in [1.807, 2.05) is 0 Å². The first-order valence-electron chi connectivity index (χ1n) is 2.56. The van der Waals surface area contributed by atoms with E-state index < -0.39 is 16.8 Å². The summed E-state index contributed by atoms with van der Waals surface area (Å²) in [6.45, 7) is 3.32. The Bertz CT molecular complexity index is 123. The van der Waals surface area contributed by atoms with Gasteiger partial charge in [-0.1, -0.05) is 0 Å². The average Bonchev–Trinajstić information content (AvgIpc) is 1.62. The molecule has 1 atom stereocenters. The van der Waals surface area contributed by atoms with Gasteiger partial charge >= 0.3 is 5.97 Å². The minimum Gasteiger partial charge on any atom is -0.480 e. The summed E-state index contributed by atoms with van der Waals surface area (Å²) in [6.07, 6.45) is 0. The summed E-state index contributed by atoms with van der Waals surface area (Å²) < 4.78 is -0.647. The van der Waals surface area contributed by atoms with Gasteiger partial charge in [0.2, 0.25) is 0 Å². The monoisotopic (exact) mass is 213 g/mol. The number of carbonyl (C=O) groups is 1. The van der Waals surface area contributed by atoms with Gasteiger partial charge < -0.3 is 10.8 Å². The molecule has 3 nitrogen and oxygen atoms in total. The molecule has 0 aliphatic rings. The normalized spacial score (nSPS) is 13.6. The third-order valence-electron chi connectivity index (χ3n) is 1.03. The molecule has 0 aliphatic heterocycles. The number of aliphatic carboxylic acids is 1. The molecule has 0 aromatic carbocycles. The first-order chi connectivity index (χ1) is 3.85. The molecule has 0 rings (SSSR count). The van der Waals surface area contributed by atoms with Crippen LogP contribution in [0.4, 0.5) is 0 Å². The van der Waals surface area contributed by atoms with Crippen molar-refractivity contribution in [1.29, 1.82) is 0 Å². The van der Waals surface area contributed by atoms with Gasteiger partial charge in [0.1, 0.15) is 6.04 Å². The summed E-state index contributed by atoms with van der Waals surface area (Å²) in [6, 6.07) is -0.902. The number of thiol groups is 1. The molecule has 0 amide bonds. The standard InChI is InChI=1S/C5H11NO2S.Zn/c1-5(2,9)3(6)4(7)8;/h3,9H,6H2,1-2H3,(H,7,8);/t3-;/m1./s1. The summed E-state index contributed by atoms with van der Waals surface area (Å²) in [5.74, 6) is -1.02. The first-order valence-corrected chi connectivity index (χ1v) is 3.01. The second-order valence-corrected chi connectivity index (χ2v) is 3.62. The van der Waals surface area contributed by atoms with Gasteiger partial charge in [-0.25, -0.2) is 0 Å². The van der Waals surface area contributed by atoms with E-state index in [2.05, 4.69) is 12.6 Å². The zero-order valence-electron chi connectivity index (χ0n) is 6.16. The largest absolute Gasteiger partial charge is 0.480 e. The minimum absolute atomic E-state index is 0. The van der Waals surface area contributed by atoms with Crippen molar-refractivity contribution in [2.24, 2.45) is 5.73 Å². The van der Waals surface area contributed by atoms with Crippen LogP contribution in [0, 0.1) is 0 Å². The summed E-state index contributed by atoms with van der Waals surface area (Å²) in [7, 11) is 0. The van der Waals surface area contributed by atoms with Gasteiger partial charge in [-0.2, -0.15) is 12.6 Å². The van der Waals surface area contributed by atoms with Gasteiger partial charge in [-0.05, 0) is 13.8 Å². The van der Waals surface area contributed by atoms with Crippen LogP contribution in [-0.4, -0.2) is 21.9 Å². The Morgan fingerprint density at radius 2 is 2.00 bits per heavy atom. The van der Waals surface area contributed by atoms with E-state index in [1.165, 1.54) is 0 Å². The van der Waals surface area contributed by atoms with Crippen LogP contribution in [0.3, 0.4) is 0 Å². The van der Waals surface area contributed by atoms with Crippen LogP contribution < -0.4 is 5.73 Å². The number of carboxylic acid groups (broad SMARTS) is 1. The van der Waals surface area contributed by atoms with Crippen molar-refractivity contribution in [3.63, 3.8) is 0 Å². The molecule has 0 spiro atoms. The molecule has 56 valence electrons. The van der Waals surface area contributed by atoms with E-state index >= 15 is 0 Å². The fourth-order valence-electron chi connectivity index (χ4n) is 0.302. The maximum atomic E-state index is 10.2. The number of carboxylic acids is 1. The molecule has 0 unspecified atom stereocenters. The van der Waals surface area contributed by atoms with Crippen LogP contribution in [-0.2, 0) is 24.3 Å². The van der Waals surface area contributed by atoms with E-state index in [4.69, 9.17) is 10.8 Å². The summed E-state index contributed by atoms with van der Waals surface area (Å²) in [5.41, 5.74) is 5.22. The maximum absolute atomic E-state index is 10.2. The molecule has 0 aromatic heterocycles. The SMILES string of the molecule is CC(C)(S)[C@H](N)C(=O)O.[Zn]. The van der Waals surface area contributed by atoms with E-state index in [0.29, 0.717) is 0 Å². The van der Waals surface area contributed by atoms with E-state index in [1.54, 1.807) is 13.8 Å². The number of nitrogens with two attached hydrogens (primary N) is 1. The second-order valence-electron chi connectivity index (χ2n) is 2.47. The number of hydrogen-bond acceptors (Lipinski definition) is 3. The van der Waals surface area contributed by atoms with E-state index in [0.717, 1.165) is 0 Å². The van der Waals surface area contributed by atoms with Crippen molar-refractivity contribution in [3.8, 4) is 0 Å². The molecule has 10 heavy (non-hydrogen) atoms. The zero-order chi connectivity index (χ0) is 7.65. The Hall–Kier alpha value is 0.403. The fourth-order valence-corrected chi connectivity index (χ4v) is 0.413. The van der Waals surface area contributed by atoms with Gasteiger partial charge in [0, 0.05) is 24.2 Å². The molecule has 0 radical (unpaired) electrons. The Labute approximate surface area is 78.5 Å². The number of hydrogen-bond donors (Lipinski definition) is 3. The number of rotatable bonds is 2. The van der Waals surface area contributed by atoms with Gasteiger partial charge in [0.25, 0.3) is 0 Å². The Balaban J connectivity index is 0. The van der Waals surface area contributed by atoms with Crippen LogP contribution in [0.25, 0.3) is 0 Å². The van der Waals surface area contributed by atoms with E-state index in [9.17, 15) is 4.79 Å². The van der Waals surface area contributed by atoms with Crippen molar-refractivity contribution < 1.29 is 29.4 Å². The first kappa shape index (κ1) is 13.0. The predicted octanol–water partition coefficient (Wildman–Crippen LogP) is 0.104. The third-order valence-corrected chi connectivity index (χ3v) is 1.31. The molecule has 3 N–H and O–H groups in total. The topological polar surface area (TPSA) is 63.3 Å². The molecule has 5 heteroatoms. The van der Waals surface area contributed by atoms with Gasteiger partial charge in [-0.15, -0.1) is 0 Å². The summed E-state index contributed by atoms with van der Waals surface area (Å²) in [4.78, 5) is 10.2. The molecule has 0 fully saturated rings. The van der Waals surface area contributed by atoms with Crippen LogP contribution >= 0.6 is 12.6 Å². The van der Waals surface area contributed by atoms with Crippen molar-refractivity contribution in [1.82, 2.24) is 0 Å². The van der Waals surface area contributed by atoms with Crippen LogP contribution in [0.1, 0.15) is 13.8 Å². The van der Waals surface area contributed by atoms with Crippen LogP contribution in [0.2, 0.25) is 0 Å². The smallest absolute Gasteiger partial charge is 0.321 e. The summed E-state index contributed by atoms with van der Waals surface area (Å²) in [5, 5.41) is 8.34. The zero-order valence-corrected chi connectivity index (χ0v) is 10.0. The molecule has 0 bridgehead atoms. The molecule has 0 saturated carbocycles. The molecule has 0 heterocycles. The van der Waals surface area contributed by atoms with Gasteiger partial charge in [0.15, 0.2) is 0 Å². The van der Waals surface area contributed by atoms with Gasteiger partial charge in [-0.3, -0.25) is 4.79 Å². The minimum atomic E-state index is -1.02. The fraction of sp³-hybridized carbons (Fsp3) is 0.800. The van der Waals surface area contributed by atoms with Crippen molar-refractivity contribution in [3.05, 3.63) is 0 Å². The Morgan fingerprint density at radius 1 is 1.70 bits per heavy atom. The Kier molecular flexibility index (Phi) is 5.62. The average molecular weight is 215 g/mol. The maximum Gasteiger partial charge on any atom is 0.321 e. The summed E-state index contributed by atoms with van der Waals surface area (Å²) >= 11 is 3.98. The van der Waals surface area contributed by atoms with Crippen LogP contribution in [0.5, 0.6) is 0 Å². The molecule has 0 aliphatic carbocycles. The molecular weight excluding hydrogens is 204 g/mol. The van der Waals surface area contributed by atoms with Crippen LogP contribution in [0.15, 0.2) is 0 Å². The second kappa shape index (κ2) is 4.32. The third kappa shape index (κ3) is 4.26. The molecule has 0 saturated heterocycles. The van der Waals surface area contributed by atoms with Gasteiger partial charge in [0.05, 0.1) is 0 Å². The quantitative estimate of drug-likeness (QED) is 0.452.